The molecular formula is C19H19N3OS. The Labute approximate surface area is 144 Å². The molecule has 3 aromatic heterocycles. The summed E-state index contributed by atoms with van der Waals surface area (Å²) in [5.41, 5.74) is 3.38. The van der Waals surface area contributed by atoms with Crippen LogP contribution in [0, 0.1) is 5.92 Å². The summed E-state index contributed by atoms with van der Waals surface area (Å²) in [4.78, 5) is 20.6. The quantitative estimate of drug-likeness (QED) is 0.720. The molecule has 24 heavy (non-hydrogen) atoms. The van der Waals surface area contributed by atoms with Crippen molar-refractivity contribution in [2.75, 3.05) is 6.54 Å². The van der Waals surface area contributed by atoms with Crippen LogP contribution in [0.3, 0.4) is 0 Å². The standard InChI is InChI=1S/C19H19N3OS/c23-19(13-5-6-13)22-9-1-3-16(22)18-15-8-7-14(11-21(15)12-20-18)17-4-2-10-24-17/h2,4,7-8,10-13,16H,1,3,5-6,9H2. The van der Waals surface area contributed by atoms with E-state index in [1.165, 1.54) is 10.4 Å². The van der Waals surface area contributed by atoms with Crippen molar-refractivity contribution in [1.29, 1.82) is 0 Å². The van der Waals surface area contributed by atoms with Crippen LogP contribution in [0.5, 0.6) is 0 Å². The van der Waals surface area contributed by atoms with Gasteiger partial charge < -0.3 is 9.30 Å². The lowest BCUT2D eigenvalue weighted by atomic mass is 10.1. The largest absolute Gasteiger partial charge is 0.334 e. The fraction of sp³-hybridized carbons (Fsp3) is 0.368. The van der Waals surface area contributed by atoms with Gasteiger partial charge in [0.15, 0.2) is 0 Å². The van der Waals surface area contributed by atoms with E-state index in [9.17, 15) is 4.79 Å². The van der Waals surface area contributed by atoms with Crippen LogP contribution in [-0.4, -0.2) is 26.7 Å². The number of rotatable bonds is 3. The van der Waals surface area contributed by atoms with Gasteiger partial charge in [-0.25, -0.2) is 4.98 Å². The number of hydrogen-bond acceptors (Lipinski definition) is 3. The molecule has 4 heterocycles. The first-order valence-electron chi connectivity index (χ1n) is 8.62. The lowest BCUT2D eigenvalue weighted by Gasteiger charge is -2.23. The molecule has 5 heteroatoms. The van der Waals surface area contributed by atoms with Gasteiger partial charge in [-0.1, -0.05) is 6.07 Å². The second-order valence-corrected chi connectivity index (χ2v) is 7.73. The number of carbonyl (C=O) groups excluding carboxylic acids is 1. The first kappa shape index (κ1) is 14.2. The van der Waals surface area contributed by atoms with Gasteiger partial charge in [0.05, 0.1) is 23.6 Å². The first-order valence-corrected chi connectivity index (χ1v) is 9.50. The van der Waals surface area contributed by atoms with Crippen molar-refractivity contribution in [2.24, 2.45) is 5.92 Å². The molecule has 1 aliphatic carbocycles. The Morgan fingerprint density at radius 3 is 2.92 bits per heavy atom. The van der Waals surface area contributed by atoms with Crippen molar-refractivity contribution < 1.29 is 4.79 Å². The number of thiophene rings is 1. The Morgan fingerprint density at radius 2 is 2.12 bits per heavy atom. The van der Waals surface area contributed by atoms with E-state index in [4.69, 9.17) is 0 Å². The summed E-state index contributed by atoms with van der Waals surface area (Å²) >= 11 is 1.74. The number of nitrogens with zero attached hydrogens (tertiary/aromatic N) is 3. The monoisotopic (exact) mass is 337 g/mol. The predicted molar refractivity (Wildman–Crippen MR) is 94.9 cm³/mol. The average Bonchev–Trinajstić information content (AvgIpc) is 3.04. The van der Waals surface area contributed by atoms with Crippen LogP contribution in [0.4, 0.5) is 0 Å². The van der Waals surface area contributed by atoms with Gasteiger partial charge >= 0.3 is 0 Å². The minimum Gasteiger partial charge on any atom is -0.334 e. The Kier molecular flexibility index (Phi) is 3.23. The second kappa shape index (κ2) is 5.45. The molecule has 1 amide bonds. The Balaban J connectivity index is 1.51. The second-order valence-electron chi connectivity index (χ2n) is 6.78. The molecule has 0 aromatic carbocycles. The van der Waals surface area contributed by atoms with Crippen molar-refractivity contribution in [2.45, 2.75) is 31.7 Å². The van der Waals surface area contributed by atoms with E-state index >= 15 is 0 Å². The molecule has 4 nitrogen and oxygen atoms in total. The molecule has 2 fully saturated rings. The highest BCUT2D eigenvalue weighted by molar-refractivity contribution is 7.13. The van der Waals surface area contributed by atoms with Gasteiger partial charge in [0.2, 0.25) is 5.91 Å². The molecule has 1 aliphatic heterocycles. The van der Waals surface area contributed by atoms with Crippen molar-refractivity contribution in [3.8, 4) is 10.4 Å². The molecule has 5 rings (SSSR count). The van der Waals surface area contributed by atoms with Gasteiger partial charge in [-0.15, -0.1) is 11.3 Å². The number of imidazole rings is 1. The lowest BCUT2D eigenvalue weighted by molar-refractivity contribution is -0.133. The number of pyridine rings is 1. The maximum Gasteiger partial charge on any atom is 0.226 e. The molecular weight excluding hydrogens is 318 g/mol. The molecule has 0 N–H and O–H groups in total. The van der Waals surface area contributed by atoms with Crippen molar-refractivity contribution >= 4 is 22.8 Å². The minimum atomic E-state index is 0.149. The van der Waals surface area contributed by atoms with E-state index in [0.717, 1.165) is 43.4 Å². The van der Waals surface area contributed by atoms with Crippen molar-refractivity contribution in [1.82, 2.24) is 14.3 Å². The summed E-state index contributed by atoms with van der Waals surface area (Å²) in [5, 5.41) is 2.10. The zero-order valence-corrected chi connectivity index (χ0v) is 14.2. The van der Waals surface area contributed by atoms with Crippen LogP contribution in [0.1, 0.15) is 37.4 Å². The van der Waals surface area contributed by atoms with Crippen LogP contribution in [0.25, 0.3) is 16.0 Å². The van der Waals surface area contributed by atoms with Crippen molar-refractivity contribution in [3.05, 3.63) is 47.9 Å². The summed E-state index contributed by atoms with van der Waals surface area (Å²) in [5.74, 6) is 0.624. The van der Waals surface area contributed by atoms with Gasteiger partial charge in [0.25, 0.3) is 0 Å². The summed E-state index contributed by atoms with van der Waals surface area (Å²) in [6.45, 7) is 0.881. The molecule has 0 spiro atoms. The van der Waals surface area contributed by atoms with Crippen LogP contribution in [-0.2, 0) is 4.79 Å². The summed E-state index contributed by atoms with van der Waals surface area (Å²) < 4.78 is 2.10. The first-order chi connectivity index (χ1) is 11.8. The average molecular weight is 337 g/mol. The predicted octanol–water partition coefficient (Wildman–Crippen LogP) is 4.14. The topological polar surface area (TPSA) is 37.6 Å². The number of amides is 1. The number of likely N-dealkylation sites (tertiary alicyclic amines) is 1. The zero-order chi connectivity index (χ0) is 16.1. The minimum absolute atomic E-state index is 0.149. The number of hydrogen-bond donors (Lipinski definition) is 0. The molecule has 1 saturated heterocycles. The van der Waals surface area contributed by atoms with E-state index in [2.05, 4.69) is 50.1 Å². The molecule has 3 aromatic rings. The molecule has 1 saturated carbocycles. The van der Waals surface area contributed by atoms with Gasteiger partial charge in [-0.2, -0.15) is 0 Å². The molecule has 0 bridgehead atoms. The highest BCUT2D eigenvalue weighted by atomic mass is 32.1. The highest BCUT2D eigenvalue weighted by Gasteiger charge is 2.39. The summed E-state index contributed by atoms with van der Waals surface area (Å²) in [6, 6.07) is 8.67. The van der Waals surface area contributed by atoms with E-state index in [0.29, 0.717) is 5.91 Å². The summed E-state index contributed by atoms with van der Waals surface area (Å²) in [6.07, 6.45) is 8.26. The van der Waals surface area contributed by atoms with Gasteiger partial charge in [0.1, 0.15) is 0 Å². The van der Waals surface area contributed by atoms with Crippen LogP contribution < -0.4 is 0 Å². The molecule has 1 atom stereocenters. The number of fused-ring (bicyclic) bond motifs is 1. The molecule has 2 aliphatic rings. The molecule has 0 radical (unpaired) electrons. The lowest BCUT2D eigenvalue weighted by Crippen LogP contribution is -2.31. The van der Waals surface area contributed by atoms with E-state index in [1.807, 2.05) is 6.33 Å². The Bertz CT molecular complexity index is 895. The Hall–Kier alpha value is -2.14. The third kappa shape index (κ3) is 2.26. The smallest absolute Gasteiger partial charge is 0.226 e. The van der Waals surface area contributed by atoms with E-state index in [-0.39, 0.29) is 12.0 Å². The third-order valence-electron chi connectivity index (χ3n) is 5.14. The fourth-order valence-electron chi connectivity index (χ4n) is 3.75. The fourth-order valence-corrected chi connectivity index (χ4v) is 4.46. The SMILES string of the molecule is O=C(C1CC1)N1CCCC1c1ncn2cc(-c3cccs3)ccc12. The van der Waals surface area contributed by atoms with Gasteiger partial charge in [-0.3, -0.25) is 4.79 Å². The zero-order valence-electron chi connectivity index (χ0n) is 13.4. The van der Waals surface area contributed by atoms with Gasteiger partial charge in [0, 0.05) is 29.1 Å². The molecule has 1 unspecified atom stereocenters. The van der Waals surface area contributed by atoms with Crippen LogP contribution in [0.15, 0.2) is 42.2 Å². The van der Waals surface area contributed by atoms with Gasteiger partial charge in [-0.05, 0) is 49.3 Å². The van der Waals surface area contributed by atoms with Crippen molar-refractivity contribution in [3.63, 3.8) is 0 Å². The number of carbonyl (C=O) groups is 1. The summed E-state index contributed by atoms with van der Waals surface area (Å²) in [7, 11) is 0. The number of aromatic nitrogens is 2. The Morgan fingerprint density at radius 1 is 1.21 bits per heavy atom. The van der Waals surface area contributed by atoms with E-state index < -0.39 is 0 Å². The van der Waals surface area contributed by atoms with E-state index in [1.54, 1.807) is 11.3 Å². The third-order valence-corrected chi connectivity index (χ3v) is 6.06. The normalized spacial score (nSPS) is 20.8. The van der Waals surface area contributed by atoms with Crippen LogP contribution in [0.2, 0.25) is 0 Å². The highest BCUT2D eigenvalue weighted by Crippen LogP contribution is 2.39. The maximum absolute atomic E-state index is 12.6. The maximum atomic E-state index is 12.6. The molecule has 122 valence electrons. The van der Waals surface area contributed by atoms with Crippen LogP contribution >= 0.6 is 11.3 Å².